The van der Waals surface area contributed by atoms with Gasteiger partial charge in [-0.15, -0.1) is 20.4 Å². The summed E-state index contributed by atoms with van der Waals surface area (Å²) in [6, 6.07) is 7.94. The third-order valence-corrected chi connectivity index (χ3v) is 4.75. The van der Waals surface area contributed by atoms with Crippen molar-refractivity contribution in [3.8, 4) is 11.6 Å². The van der Waals surface area contributed by atoms with Crippen LogP contribution in [-0.2, 0) is 20.0 Å². The minimum Gasteiger partial charge on any atom is -0.419 e. The van der Waals surface area contributed by atoms with Crippen LogP contribution >= 0.6 is 0 Å². The third kappa shape index (κ3) is 3.03. The van der Waals surface area contributed by atoms with Crippen molar-refractivity contribution in [2.45, 2.75) is 33.7 Å². The van der Waals surface area contributed by atoms with E-state index in [9.17, 15) is 0 Å². The SMILES string of the molecule is CCc1nnc(-c2nnc(NCc3c(C)nn(C)c3C)c3ccccc23)o1. The van der Waals surface area contributed by atoms with Gasteiger partial charge in [0.05, 0.1) is 5.69 Å². The molecule has 0 aliphatic heterocycles. The van der Waals surface area contributed by atoms with E-state index in [1.54, 1.807) is 0 Å². The fraction of sp³-hybridized carbons (Fsp3) is 0.316. The lowest BCUT2D eigenvalue weighted by Gasteiger charge is -2.10. The second-order valence-electron chi connectivity index (χ2n) is 6.42. The first-order valence-electron chi connectivity index (χ1n) is 8.89. The number of rotatable bonds is 5. The Morgan fingerprint density at radius 1 is 1.04 bits per heavy atom. The molecule has 4 rings (SSSR count). The van der Waals surface area contributed by atoms with Gasteiger partial charge in [-0.05, 0) is 13.8 Å². The van der Waals surface area contributed by atoms with Crippen molar-refractivity contribution >= 4 is 16.6 Å². The lowest BCUT2D eigenvalue weighted by Crippen LogP contribution is -2.06. The molecule has 138 valence electrons. The normalized spacial score (nSPS) is 11.3. The molecule has 0 spiro atoms. The van der Waals surface area contributed by atoms with Gasteiger partial charge in [-0.1, -0.05) is 31.2 Å². The Hall–Kier alpha value is -3.29. The Morgan fingerprint density at radius 3 is 2.48 bits per heavy atom. The minimum atomic E-state index is 0.390. The first-order valence-corrected chi connectivity index (χ1v) is 8.89. The van der Waals surface area contributed by atoms with E-state index in [2.05, 4.69) is 37.7 Å². The molecule has 4 aromatic rings. The van der Waals surface area contributed by atoms with Gasteiger partial charge in [0.1, 0.15) is 0 Å². The molecule has 0 aliphatic rings. The van der Waals surface area contributed by atoms with E-state index >= 15 is 0 Å². The van der Waals surface area contributed by atoms with Crippen LogP contribution in [0, 0.1) is 13.8 Å². The maximum Gasteiger partial charge on any atom is 0.268 e. The highest BCUT2D eigenvalue weighted by Crippen LogP contribution is 2.29. The zero-order valence-corrected chi connectivity index (χ0v) is 15.8. The van der Waals surface area contributed by atoms with Crippen LogP contribution in [0.2, 0.25) is 0 Å². The number of aryl methyl sites for hydroxylation is 3. The molecule has 0 amide bonds. The van der Waals surface area contributed by atoms with Crippen LogP contribution in [-0.4, -0.2) is 30.2 Å². The first kappa shape index (κ1) is 17.1. The topological polar surface area (TPSA) is 94.5 Å². The molecule has 1 N–H and O–H groups in total. The van der Waals surface area contributed by atoms with Crippen LogP contribution < -0.4 is 5.32 Å². The van der Waals surface area contributed by atoms with E-state index in [0.29, 0.717) is 36.3 Å². The van der Waals surface area contributed by atoms with Crippen molar-refractivity contribution in [2.24, 2.45) is 7.05 Å². The van der Waals surface area contributed by atoms with E-state index in [4.69, 9.17) is 4.42 Å². The average Bonchev–Trinajstić information content (AvgIpc) is 3.25. The number of hydrogen-bond acceptors (Lipinski definition) is 7. The summed E-state index contributed by atoms with van der Waals surface area (Å²) >= 11 is 0. The Bertz CT molecular complexity index is 1110. The van der Waals surface area contributed by atoms with Crippen molar-refractivity contribution in [3.05, 3.63) is 47.1 Å². The molecule has 8 nitrogen and oxygen atoms in total. The number of hydrogen-bond donors (Lipinski definition) is 1. The summed E-state index contributed by atoms with van der Waals surface area (Å²) in [4.78, 5) is 0. The van der Waals surface area contributed by atoms with Crippen LogP contribution in [0.15, 0.2) is 28.7 Å². The third-order valence-electron chi connectivity index (χ3n) is 4.75. The van der Waals surface area contributed by atoms with Crippen molar-refractivity contribution < 1.29 is 4.42 Å². The second-order valence-corrected chi connectivity index (χ2v) is 6.42. The molecule has 3 aromatic heterocycles. The standard InChI is InChI=1S/C19H21N7O/c1-5-16-21-24-19(27-16)17-13-8-6-7-9-14(13)18(23-22-17)20-10-15-11(2)25-26(4)12(15)3/h6-9H,5,10H2,1-4H3,(H,20,23). The molecule has 0 aliphatic carbocycles. The number of aromatic nitrogens is 6. The molecule has 0 bridgehead atoms. The summed E-state index contributed by atoms with van der Waals surface area (Å²) in [7, 11) is 1.95. The molecule has 1 aromatic carbocycles. The lowest BCUT2D eigenvalue weighted by molar-refractivity contribution is 0.511. The molecule has 8 heteroatoms. The molecule has 0 atom stereocenters. The summed E-state index contributed by atoms with van der Waals surface area (Å²) in [6.07, 6.45) is 0.682. The van der Waals surface area contributed by atoms with Crippen molar-refractivity contribution in [2.75, 3.05) is 5.32 Å². The summed E-state index contributed by atoms with van der Waals surface area (Å²) in [5, 5.41) is 26.6. The lowest BCUT2D eigenvalue weighted by atomic mass is 10.1. The fourth-order valence-electron chi connectivity index (χ4n) is 3.13. The zero-order valence-electron chi connectivity index (χ0n) is 15.8. The molecule has 0 radical (unpaired) electrons. The molecule has 3 heterocycles. The van der Waals surface area contributed by atoms with E-state index in [1.165, 1.54) is 0 Å². The monoisotopic (exact) mass is 363 g/mol. The molecule has 0 unspecified atom stereocenters. The summed E-state index contributed by atoms with van der Waals surface area (Å²) < 4.78 is 7.56. The van der Waals surface area contributed by atoms with Crippen LogP contribution in [0.25, 0.3) is 22.4 Å². The Balaban J connectivity index is 1.71. The van der Waals surface area contributed by atoms with E-state index in [-0.39, 0.29) is 0 Å². The number of nitrogens with zero attached hydrogens (tertiary/aromatic N) is 6. The number of anilines is 1. The molecular weight excluding hydrogens is 342 g/mol. The Labute approximate surface area is 156 Å². The van der Waals surface area contributed by atoms with E-state index in [0.717, 1.165) is 27.7 Å². The van der Waals surface area contributed by atoms with Crippen LogP contribution in [0.3, 0.4) is 0 Å². The molecular formula is C19H21N7O. The predicted octanol–water partition coefficient (Wildman–Crippen LogP) is 3.20. The number of benzene rings is 1. The van der Waals surface area contributed by atoms with Gasteiger partial charge in [0.15, 0.2) is 11.5 Å². The van der Waals surface area contributed by atoms with Gasteiger partial charge in [0.2, 0.25) is 5.89 Å². The Kier molecular flexibility index (Phi) is 4.31. The average molecular weight is 363 g/mol. The second kappa shape index (κ2) is 6.79. The van der Waals surface area contributed by atoms with Crippen LogP contribution in [0.5, 0.6) is 0 Å². The highest BCUT2D eigenvalue weighted by molar-refractivity contribution is 5.98. The molecule has 0 saturated heterocycles. The van der Waals surface area contributed by atoms with Gasteiger partial charge in [-0.3, -0.25) is 4.68 Å². The summed E-state index contributed by atoms with van der Waals surface area (Å²) in [6.45, 7) is 6.67. The van der Waals surface area contributed by atoms with Crippen LogP contribution in [0.1, 0.15) is 29.8 Å². The van der Waals surface area contributed by atoms with Gasteiger partial charge in [-0.25, -0.2) is 0 Å². The van der Waals surface area contributed by atoms with Gasteiger partial charge < -0.3 is 9.73 Å². The molecule has 0 saturated carbocycles. The quantitative estimate of drug-likeness (QED) is 0.582. The molecule has 27 heavy (non-hydrogen) atoms. The maximum atomic E-state index is 5.67. The largest absolute Gasteiger partial charge is 0.419 e. The number of fused-ring (bicyclic) bond motifs is 1. The van der Waals surface area contributed by atoms with Crippen molar-refractivity contribution in [1.82, 2.24) is 30.2 Å². The highest BCUT2D eigenvalue weighted by atomic mass is 16.4. The number of nitrogens with one attached hydrogen (secondary N) is 1. The fourth-order valence-corrected chi connectivity index (χ4v) is 3.13. The van der Waals surface area contributed by atoms with E-state index in [1.807, 2.05) is 49.8 Å². The molecule has 0 fully saturated rings. The van der Waals surface area contributed by atoms with Crippen molar-refractivity contribution in [3.63, 3.8) is 0 Å². The van der Waals surface area contributed by atoms with Crippen molar-refractivity contribution in [1.29, 1.82) is 0 Å². The minimum absolute atomic E-state index is 0.390. The smallest absolute Gasteiger partial charge is 0.268 e. The van der Waals surface area contributed by atoms with Gasteiger partial charge >= 0.3 is 0 Å². The maximum absolute atomic E-state index is 5.67. The summed E-state index contributed by atoms with van der Waals surface area (Å²) in [5.41, 5.74) is 3.90. The summed E-state index contributed by atoms with van der Waals surface area (Å²) in [5.74, 6) is 1.69. The van der Waals surface area contributed by atoms with Gasteiger partial charge in [-0.2, -0.15) is 5.10 Å². The zero-order chi connectivity index (χ0) is 19.0. The van der Waals surface area contributed by atoms with Crippen LogP contribution in [0.4, 0.5) is 5.82 Å². The van der Waals surface area contributed by atoms with Gasteiger partial charge in [0, 0.05) is 42.0 Å². The van der Waals surface area contributed by atoms with E-state index < -0.39 is 0 Å². The highest BCUT2D eigenvalue weighted by Gasteiger charge is 2.16. The predicted molar refractivity (Wildman–Crippen MR) is 102 cm³/mol. The Morgan fingerprint density at radius 2 is 1.81 bits per heavy atom. The van der Waals surface area contributed by atoms with Gasteiger partial charge in [0.25, 0.3) is 5.89 Å². The first-order chi connectivity index (χ1) is 13.1.